The summed E-state index contributed by atoms with van der Waals surface area (Å²) in [6.45, 7) is 7.63. The van der Waals surface area contributed by atoms with Gasteiger partial charge in [0.05, 0.1) is 0 Å². The Balaban J connectivity index is 2.03. The molecule has 0 atom stereocenters. The summed E-state index contributed by atoms with van der Waals surface area (Å²) in [4.78, 5) is 0. The summed E-state index contributed by atoms with van der Waals surface area (Å²) in [7, 11) is 0. The van der Waals surface area contributed by atoms with Crippen molar-refractivity contribution < 1.29 is 4.39 Å². The second kappa shape index (κ2) is 6.51. The lowest BCUT2D eigenvalue weighted by Gasteiger charge is -2.11. The van der Waals surface area contributed by atoms with Gasteiger partial charge in [0.2, 0.25) is 0 Å². The predicted octanol–water partition coefficient (Wildman–Crippen LogP) is 4.80. The van der Waals surface area contributed by atoms with E-state index in [4.69, 9.17) is 0 Å². The highest BCUT2D eigenvalue weighted by atomic mass is 79.9. The third kappa shape index (κ3) is 3.68. The molecule has 20 heavy (non-hydrogen) atoms. The van der Waals surface area contributed by atoms with E-state index in [1.54, 1.807) is 6.07 Å². The van der Waals surface area contributed by atoms with E-state index < -0.39 is 0 Å². The van der Waals surface area contributed by atoms with E-state index in [0.717, 1.165) is 11.0 Å². The van der Waals surface area contributed by atoms with Crippen LogP contribution in [0.3, 0.4) is 0 Å². The fraction of sp³-hybridized carbons (Fsp3) is 0.294. The zero-order valence-electron chi connectivity index (χ0n) is 12.1. The van der Waals surface area contributed by atoms with Gasteiger partial charge in [-0.15, -0.1) is 0 Å². The molecule has 0 aromatic heterocycles. The third-order valence-corrected chi connectivity index (χ3v) is 4.08. The molecule has 0 fully saturated rings. The molecule has 0 saturated heterocycles. The Morgan fingerprint density at radius 3 is 2.30 bits per heavy atom. The van der Waals surface area contributed by atoms with Crippen LogP contribution in [0.2, 0.25) is 0 Å². The first-order chi connectivity index (χ1) is 9.47. The minimum Gasteiger partial charge on any atom is -0.309 e. The first kappa shape index (κ1) is 15.2. The molecule has 0 aliphatic heterocycles. The molecule has 1 N–H and O–H groups in total. The first-order valence-corrected chi connectivity index (χ1v) is 7.48. The summed E-state index contributed by atoms with van der Waals surface area (Å²) >= 11 is 3.37. The molecule has 0 saturated carbocycles. The highest BCUT2D eigenvalue weighted by molar-refractivity contribution is 9.10. The van der Waals surface area contributed by atoms with E-state index in [-0.39, 0.29) is 5.82 Å². The second-order valence-electron chi connectivity index (χ2n) is 5.20. The number of hydrogen-bond donors (Lipinski definition) is 1. The Kier molecular flexibility index (Phi) is 4.95. The topological polar surface area (TPSA) is 12.0 Å². The van der Waals surface area contributed by atoms with Crippen LogP contribution < -0.4 is 5.32 Å². The summed E-state index contributed by atoms with van der Waals surface area (Å²) in [5.41, 5.74) is 5.82. The van der Waals surface area contributed by atoms with Gasteiger partial charge in [0, 0.05) is 23.1 Å². The monoisotopic (exact) mass is 335 g/mol. The molecule has 2 aromatic rings. The second-order valence-corrected chi connectivity index (χ2v) is 6.12. The van der Waals surface area contributed by atoms with E-state index >= 15 is 0 Å². The molecule has 0 bridgehead atoms. The molecule has 0 spiro atoms. The van der Waals surface area contributed by atoms with E-state index in [0.29, 0.717) is 12.1 Å². The van der Waals surface area contributed by atoms with Crippen molar-refractivity contribution in [2.75, 3.05) is 0 Å². The maximum Gasteiger partial charge on any atom is 0.127 e. The molecular formula is C17H19BrFN. The van der Waals surface area contributed by atoms with Crippen LogP contribution in [0.4, 0.5) is 4.39 Å². The van der Waals surface area contributed by atoms with Crippen LogP contribution in [0, 0.1) is 26.6 Å². The van der Waals surface area contributed by atoms with Gasteiger partial charge in [0.15, 0.2) is 0 Å². The van der Waals surface area contributed by atoms with Gasteiger partial charge in [-0.05, 0) is 61.2 Å². The van der Waals surface area contributed by atoms with Crippen molar-refractivity contribution in [3.05, 3.63) is 68.4 Å². The molecular weight excluding hydrogens is 317 g/mol. The van der Waals surface area contributed by atoms with Crippen molar-refractivity contribution in [3.8, 4) is 0 Å². The largest absolute Gasteiger partial charge is 0.309 e. The highest BCUT2D eigenvalue weighted by Crippen LogP contribution is 2.17. The van der Waals surface area contributed by atoms with Crippen LogP contribution in [0.5, 0.6) is 0 Å². The molecule has 0 amide bonds. The third-order valence-electron chi connectivity index (χ3n) is 3.59. The normalized spacial score (nSPS) is 10.8. The summed E-state index contributed by atoms with van der Waals surface area (Å²) < 4.78 is 14.5. The average Bonchev–Trinajstić information content (AvgIpc) is 2.39. The van der Waals surface area contributed by atoms with Gasteiger partial charge >= 0.3 is 0 Å². The zero-order valence-corrected chi connectivity index (χ0v) is 13.6. The SMILES string of the molecule is Cc1cc(C)c(CNCc2cc(Br)ccc2F)cc1C. The number of hydrogen-bond acceptors (Lipinski definition) is 1. The number of benzene rings is 2. The van der Waals surface area contributed by atoms with Crippen molar-refractivity contribution in [2.45, 2.75) is 33.9 Å². The van der Waals surface area contributed by atoms with E-state index in [9.17, 15) is 4.39 Å². The van der Waals surface area contributed by atoms with Crippen molar-refractivity contribution in [1.82, 2.24) is 5.32 Å². The Labute approximate surface area is 128 Å². The molecule has 3 heteroatoms. The lowest BCUT2D eigenvalue weighted by Crippen LogP contribution is -2.14. The summed E-state index contributed by atoms with van der Waals surface area (Å²) in [5, 5.41) is 3.31. The summed E-state index contributed by atoms with van der Waals surface area (Å²) in [6.07, 6.45) is 0. The Bertz CT molecular complexity index is 623. The fourth-order valence-corrected chi connectivity index (χ4v) is 2.63. The molecule has 2 aromatic carbocycles. The van der Waals surface area contributed by atoms with E-state index in [1.165, 1.54) is 28.3 Å². The Morgan fingerprint density at radius 1 is 0.900 bits per heavy atom. The number of nitrogens with one attached hydrogen (secondary N) is 1. The van der Waals surface area contributed by atoms with Gasteiger partial charge in [0.1, 0.15) is 5.82 Å². The van der Waals surface area contributed by atoms with Crippen LogP contribution in [0.15, 0.2) is 34.8 Å². The van der Waals surface area contributed by atoms with Gasteiger partial charge in [-0.3, -0.25) is 0 Å². The van der Waals surface area contributed by atoms with Crippen molar-refractivity contribution in [1.29, 1.82) is 0 Å². The van der Waals surface area contributed by atoms with Gasteiger partial charge in [-0.25, -0.2) is 4.39 Å². The average molecular weight is 336 g/mol. The maximum atomic E-state index is 13.6. The molecule has 1 nitrogen and oxygen atoms in total. The number of halogens is 2. The smallest absolute Gasteiger partial charge is 0.127 e. The lowest BCUT2D eigenvalue weighted by molar-refractivity contribution is 0.587. The van der Waals surface area contributed by atoms with Gasteiger partial charge in [0.25, 0.3) is 0 Å². The van der Waals surface area contributed by atoms with Crippen molar-refractivity contribution in [2.24, 2.45) is 0 Å². The van der Waals surface area contributed by atoms with Gasteiger partial charge < -0.3 is 5.32 Å². The van der Waals surface area contributed by atoms with Crippen LogP contribution >= 0.6 is 15.9 Å². The van der Waals surface area contributed by atoms with E-state index in [2.05, 4.69) is 54.2 Å². The Morgan fingerprint density at radius 2 is 1.55 bits per heavy atom. The summed E-state index contributed by atoms with van der Waals surface area (Å²) in [5.74, 6) is -0.169. The van der Waals surface area contributed by atoms with Crippen LogP contribution in [-0.4, -0.2) is 0 Å². The van der Waals surface area contributed by atoms with Gasteiger partial charge in [-0.1, -0.05) is 28.1 Å². The zero-order chi connectivity index (χ0) is 14.7. The minimum atomic E-state index is -0.169. The Hall–Kier alpha value is -1.19. The van der Waals surface area contributed by atoms with Gasteiger partial charge in [-0.2, -0.15) is 0 Å². The molecule has 0 heterocycles. The molecule has 0 unspecified atom stereocenters. The summed E-state index contributed by atoms with van der Waals surface area (Å²) in [6, 6.07) is 9.42. The molecule has 2 rings (SSSR count). The predicted molar refractivity (Wildman–Crippen MR) is 85.3 cm³/mol. The van der Waals surface area contributed by atoms with Crippen LogP contribution in [0.25, 0.3) is 0 Å². The number of aryl methyl sites for hydroxylation is 3. The van der Waals surface area contributed by atoms with Crippen LogP contribution in [0.1, 0.15) is 27.8 Å². The first-order valence-electron chi connectivity index (χ1n) is 6.68. The molecule has 106 valence electrons. The number of rotatable bonds is 4. The lowest BCUT2D eigenvalue weighted by atomic mass is 10.0. The quantitative estimate of drug-likeness (QED) is 0.845. The van der Waals surface area contributed by atoms with Crippen LogP contribution in [-0.2, 0) is 13.1 Å². The molecule has 0 aliphatic rings. The maximum absolute atomic E-state index is 13.6. The fourth-order valence-electron chi connectivity index (χ4n) is 2.22. The molecule has 0 radical (unpaired) electrons. The van der Waals surface area contributed by atoms with E-state index in [1.807, 2.05) is 6.07 Å². The van der Waals surface area contributed by atoms with Crippen molar-refractivity contribution in [3.63, 3.8) is 0 Å². The highest BCUT2D eigenvalue weighted by Gasteiger charge is 2.04. The molecule has 0 aliphatic carbocycles. The minimum absolute atomic E-state index is 0.169. The standard InChI is InChI=1S/C17H19BrFN/c1-11-6-13(3)14(7-12(11)2)9-20-10-15-8-16(18)4-5-17(15)19/h4-8,20H,9-10H2,1-3H3. The van der Waals surface area contributed by atoms with Crippen molar-refractivity contribution >= 4 is 15.9 Å².